The van der Waals surface area contributed by atoms with Gasteiger partial charge in [0.05, 0.1) is 12.7 Å². The summed E-state index contributed by atoms with van der Waals surface area (Å²) in [6.07, 6.45) is 1.84. The summed E-state index contributed by atoms with van der Waals surface area (Å²) in [6.45, 7) is 6.67. The number of rotatable bonds is 1. The van der Waals surface area contributed by atoms with Crippen molar-refractivity contribution in [1.29, 1.82) is 0 Å². The minimum absolute atomic E-state index is 0.562. The molecule has 2 heterocycles. The van der Waals surface area contributed by atoms with Gasteiger partial charge < -0.3 is 4.74 Å². The molecule has 0 aromatic rings. The topological polar surface area (TPSA) is 12.5 Å². The van der Waals surface area contributed by atoms with Crippen molar-refractivity contribution < 1.29 is 4.74 Å². The number of nitrogens with zero attached hydrogens (tertiary/aromatic N) is 1. The van der Waals surface area contributed by atoms with Crippen molar-refractivity contribution in [3.05, 3.63) is 0 Å². The van der Waals surface area contributed by atoms with Gasteiger partial charge in [-0.2, -0.15) is 0 Å². The van der Waals surface area contributed by atoms with Crippen LogP contribution >= 0.6 is 0 Å². The summed E-state index contributed by atoms with van der Waals surface area (Å²) in [5, 5.41) is 0. The number of ether oxygens (including phenoxy) is 1. The lowest BCUT2D eigenvalue weighted by Crippen LogP contribution is -2.41. The van der Waals surface area contributed by atoms with Gasteiger partial charge in [0.2, 0.25) is 0 Å². The van der Waals surface area contributed by atoms with Gasteiger partial charge in [-0.15, -0.1) is 0 Å². The standard InChI is InChI=1S/C8H15NO/c1-6(2)9-4-8-3-7(9)5-10-8/h6-8H,3-5H2,1-2H3/t7-,8-/m1/s1. The molecule has 2 atom stereocenters. The van der Waals surface area contributed by atoms with Crippen LogP contribution in [0, 0.1) is 0 Å². The van der Waals surface area contributed by atoms with Gasteiger partial charge in [-0.3, -0.25) is 4.90 Å². The van der Waals surface area contributed by atoms with Crippen LogP contribution in [-0.2, 0) is 4.74 Å². The molecule has 58 valence electrons. The summed E-state index contributed by atoms with van der Waals surface area (Å²) in [4.78, 5) is 2.55. The SMILES string of the molecule is CC(C)N1C[C@H]2C[C@@H]1CO2. The van der Waals surface area contributed by atoms with Crippen molar-refractivity contribution in [1.82, 2.24) is 4.90 Å². The van der Waals surface area contributed by atoms with Crippen LogP contribution in [0.15, 0.2) is 0 Å². The molecule has 2 heteroatoms. The first kappa shape index (κ1) is 6.62. The average Bonchev–Trinajstić information content (AvgIpc) is 2.44. The van der Waals surface area contributed by atoms with Crippen LogP contribution in [0.4, 0.5) is 0 Å². The van der Waals surface area contributed by atoms with Gasteiger partial charge in [-0.25, -0.2) is 0 Å². The Morgan fingerprint density at radius 2 is 2.30 bits per heavy atom. The lowest BCUT2D eigenvalue weighted by molar-refractivity contribution is 0.0179. The summed E-state index contributed by atoms with van der Waals surface area (Å²) in [5.74, 6) is 0. The fourth-order valence-electron chi connectivity index (χ4n) is 2.06. The van der Waals surface area contributed by atoms with E-state index in [2.05, 4.69) is 18.7 Å². The van der Waals surface area contributed by atoms with Gasteiger partial charge in [0.15, 0.2) is 0 Å². The van der Waals surface area contributed by atoms with Gasteiger partial charge >= 0.3 is 0 Å². The molecule has 0 amide bonds. The maximum atomic E-state index is 5.49. The summed E-state index contributed by atoms with van der Waals surface area (Å²) in [6, 6.07) is 1.45. The van der Waals surface area contributed by atoms with E-state index in [1.165, 1.54) is 13.0 Å². The highest BCUT2D eigenvalue weighted by molar-refractivity contribution is 4.92. The Morgan fingerprint density at radius 3 is 2.60 bits per heavy atom. The van der Waals surface area contributed by atoms with Gasteiger partial charge in [-0.1, -0.05) is 0 Å². The monoisotopic (exact) mass is 141 g/mol. The Labute approximate surface area is 62.2 Å². The fourth-order valence-corrected chi connectivity index (χ4v) is 2.06. The highest BCUT2D eigenvalue weighted by Crippen LogP contribution is 2.28. The van der Waals surface area contributed by atoms with E-state index >= 15 is 0 Å². The van der Waals surface area contributed by atoms with Crippen LogP contribution in [0.3, 0.4) is 0 Å². The lowest BCUT2D eigenvalue weighted by Gasteiger charge is -2.30. The molecule has 0 unspecified atom stereocenters. The Bertz CT molecular complexity index is 135. The van der Waals surface area contributed by atoms with Crippen LogP contribution in [0.1, 0.15) is 20.3 Å². The molecular weight excluding hydrogens is 126 g/mol. The smallest absolute Gasteiger partial charge is 0.0718 e. The minimum Gasteiger partial charge on any atom is -0.375 e. The fraction of sp³-hybridized carbons (Fsp3) is 1.00. The van der Waals surface area contributed by atoms with E-state index in [4.69, 9.17) is 4.74 Å². The Morgan fingerprint density at radius 1 is 1.50 bits per heavy atom. The first-order valence-electron chi connectivity index (χ1n) is 4.14. The highest BCUT2D eigenvalue weighted by atomic mass is 16.5. The second-order valence-electron chi connectivity index (χ2n) is 3.64. The molecule has 0 N–H and O–H groups in total. The number of fused-ring (bicyclic) bond motifs is 2. The molecule has 2 saturated heterocycles. The zero-order chi connectivity index (χ0) is 7.14. The second kappa shape index (κ2) is 2.21. The number of likely N-dealkylation sites (tertiary alicyclic amines) is 1. The van der Waals surface area contributed by atoms with Crippen molar-refractivity contribution in [3.8, 4) is 0 Å². The normalized spacial score (nSPS) is 39.9. The summed E-state index contributed by atoms with van der Waals surface area (Å²) < 4.78 is 5.49. The summed E-state index contributed by atoms with van der Waals surface area (Å²) in [7, 11) is 0. The number of hydrogen-bond acceptors (Lipinski definition) is 2. The Kier molecular flexibility index (Phi) is 1.46. The Balaban J connectivity index is 2.02. The molecule has 0 aromatic carbocycles. The van der Waals surface area contributed by atoms with E-state index in [-0.39, 0.29) is 0 Å². The number of hydrogen-bond donors (Lipinski definition) is 0. The maximum absolute atomic E-state index is 5.49. The molecular formula is C8H15NO. The van der Waals surface area contributed by atoms with Crippen molar-refractivity contribution >= 4 is 0 Å². The van der Waals surface area contributed by atoms with Crippen LogP contribution in [0.5, 0.6) is 0 Å². The van der Waals surface area contributed by atoms with Crippen LogP contribution < -0.4 is 0 Å². The molecule has 2 aliphatic heterocycles. The van der Waals surface area contributed by atoms with E-state index in [0.717, 1.165) is 12.6 Å². The molecule has 2 nitrogen and oxygen atoms in total. The van der Waals surface area contributed by atoms with E-state index in [0.29, 0.717) is 12.1 Å². The maximum Gasteiger partial charge on any atom is 0.0718 e. The molecule has 10 heavy (non-hydrogen) atoms. The van der Waals surface area contributed by atoms with E-state index in [1.54, 1.807) is 0 Å². The zero-order valence-electron chi connectivity index (χ0n) is 6.71. The summed E-state index contributed by atoms with van der Waals surface area (Å²) >= 11 is 0. The molecule has 2 aliphatic rings. The molecule has 0 aliphatic carbocycles. The molecule has 0 aromatic heterocycles. The van der Waals surface area contributed by atoms with E-state index in [9.17, 15) is 0 Å². The van der Waals surface area contributed by atoms with Gasteiger partial charge in [0.1, 0.15) is 0 Å². The van der Waals surface area contributed by atoms with E-state index in [1.807, 2.05) is 0 Å². The first-order valence-corrected chi connectivity index (χ1v) is 4.14. The molecule has 0 spiro atoms. The predicted molar refractivity (Wildman–Crippen MR) is 40.0 cm³/mol. The zero-order valence-corrected chi connectivity index (χ0v) is 6.71. The Hall–Kier alpha value is -0.0800. The largest absolute Gasteiger partial charge is 0.375 e. The predicted octanol–water partition coefficient (Wildman–Crippen LogP) is 0.868. The molecule has 2 fully saturated rings. The van der Waals surface area contributed by atoms with Gasteiger partial charge in [0, 0.05) is 18.6 Å². The van der Waals surface area contributed by atoms with Gasteiger partial charge in [-0.05, 0) is 20.3 Å². The minimum atomic E-state index is 0.562. The third-order valence-electron chi connectivity index (χ3n) is 2.61. The molecule has 2 bridgehead atoms. The second-order valence-corrected chi connectivity index (χ2v) is 3.64. The van der Waals surface area contributed by atoms with Crippen LogP contribution in [0.25, 0.3) is 0 Å². The van der Waals surface area contributed by atoms with Crippen molar-refractivity contribution in [2.45, 2.75) is 38.5 Å². The summed E-state index contributed by atoms with van der Waals surface area (Å²) in [5.41, 5.74) is 0. The van der Waals surface area contributed by atoms with E-state index < -0.39 is 0 Å². The molecule has 0 saturated carbocycles. The number of morpholine rings is 1. The molecule has 0 radical (unpaired) electrons. The quantitative estimate of drug-likeness (QED) is 0.537. The lowest BCUT2D eigenvalue weighted by atomic mass is 10.2. The van der Waals surface area contributed by atoms with Crippen LogP contribution in [-0.4, -0.2) is 36.2 Å². The van der Waals surface area contributed by atoms with Gasteiger partial charge in [0.25, 0.3) is 0 Å². The third-order valence-corrected chi connectivity index (χ3v) is 2.61. The van der Waals surface area contributed by atoms with Crippen LogP contribution in [0.2, 0.25) is 0 Å². The average molecular weight is 141 g/mol. The van der Waals surface area contributed by atoms with Crippen molar-refractivity contribution in [3.63, 3.8) is 0 Å². The third kappa shape index (κ3) is 0.867. The highest BCUT2D eigenvalue weighted by Gasteiger charge is 2.39. The van der Waals surface area contributed by atoms with Crippen molar-refractivity contribution in [2.75, 3.05) is 13.2 Å². The molecule has 2 rings (SSSR count). The van der Waals surface area contributed by atoms with Crippen molar-refractivity contribution in [2.24, 2.45) is 0 Å². The first-order chi connectivity index (χ1) is 4.77.